The van der Waals surface area contributed by atoms with Crippen molar-refractivity contribution in [2.75, 3.05) is 17.2 Å². The van der Waals surface area contributed by atoms with Crippen LogP contribution in [0.5, 0.6) is 5.75 Å². The Morgan fingerprint density at radius 1 is 1.46 bits per heavy atom. The number of nitrogens with two attached hydrogens (primary N) is 1. The fourth-order valence-electron chi connectivity index (χ4n) is 2.22. The average Bonchev–Trinajstić information content (AvgIpc) is 2.55. The number of rotatable bonds is 4. The number of hydrogen-bond donors (Lipinski definition) is 3. The van der Waals surface area contributed by atoms with E-state index in [1.165, 1.54) is 0 Å². The van der Waals surface area contributed by atoms with Gasteiger partial charge >= 0.3 is 0 Å². The average molecular weight is 348 g/mol. The Hall–Kier alpha value is -2.87. The van der Waals surface area contributed by atoms with Gasteiger partial charge in [0, 0.05) is 11.8 Å². The third kappa shape index (κ3) is 3.09. The van der Waals surface area contributed by atoms with Crippen molar-refractivity contribution in [3.05, 3.63) is 34.7 Å². The van der Waals surface area contributed by atoms with E-state index in [0.717, 1.165) is 0 Å². The third-order valence-electron chi connectivity index (χ3n) is 3.36. The molecular weight excluding hydrogens is 334 g/mol. The Bertz CT molecular complexity index is 840. The van der Waals surface area contributed by atoms with Crippen molar-refractivity contribution in [2.24, 2.45) is 5.73 Å². The van der Waals surface area contributed by atoms with Crippen LogP contribution in [0, 0.1) is 0 Å². The molecule has 1 aromatic heterocycles. The van der Waals surface area contributed by atoms with Gasteiger partial charge in [-0.15, -0.1) is 0 Å². The minimum absolute atomic E-state index is 0.00296. The second kappa shape index (κ2) is 6.32. The van der Waals surface area contributed by atoms with Gasteiger partial charge in [0.15, 0.2) is 23.3 Å². The van der Waals surface area contributed by atoms with Gasteiger partial charge in [0.05, 0.1) is 11.4 Å². The van der Waals surface area contributed by atoms with E-state index in [9.17, 15) is 9.59 Å². The zero-order valence-electron chi connectivity index (χ0n) is 12.7. The van der Waals surface area contributed by atoms with Gasteiger partial charge in [0.25, 0.3) is 11.8 Å². The molecule has 1 aromatic carbocycles. The molecule has 0 fully saturated rings. The minimum atomic E-state index is -0.710. The van der Waals surface area contributed by atoms with Crippen LogP contribution >= 0.6 is 11.6 Å². The van der Waals surface area contributed by atoms with Crippen molar-refractivity contribution in [1.82, 2.24) is 9.97 Å². The Morgan fingerprint density at radius 2 is 2.25 bits per heavy atom. The zero-order valence-corrected chi connectivity index (χ0v) is 13.5. The summed E-state index contributed by atoms with van der Waals surface area (Å²) in [4.78, 5) is 31.2. The van der Waals surface area contributed by atoms with Crippen LogP contribution in [0.15, 0.2) is 18.2 Å². The normalized spacial score (nSPS) is 12.8. The molecule has 0 unspecified atom stereocenters. The highest BCUT2D eigenvalue weighted by Gasteiger charge is 2.19. The monoisotopic (exact) mass is 347 g/mol. The van der Waals surface area contributed by atoms with Crippen molar-refractivity contribution in [1.29, 1.82) is 0 Å². The second-order valence-corrected chi connectivity index (χ2v) is 5.41. The maximum absolute atomic E-state index is 11.6. The number of primary amides is 1. The van der Waals surface area contributed by atoms with Crippen molar-refractivity contribution < 1.29 is 14.3 Å². The van der Waals surface area contributed by atoms with Crippen LogP contribution in [0.2, 0.25) is 5.15 Å². The van der Waals surface area contributed by atoms with Crippen LogP contribution in [0.4, 0.5) is 17.2 Å². The predicted molar refractivity (Wildman–Crippen MR) is 88.8 cm³/mol. The van der Waals surface area contributed by atoms with Crippen LogP contribution in [0.1, 0.15) is 23.1 Å². The van der Waals surface area contributed by atoms with Crippen molar-refractivity contribution >= 4 is 40.6 Å². The van der Waals surface area contributed by atoms with E-state index in [-0.39, 0.29) is 29.2 Å². The summed E-state index contributed by atoms with van der Waals surface area (Å²) in [5.41, 5.74) is 7.02. The Kier molecular flexibility index (Phi) is 4.22. The molecule has 0 spiro atoms. The summed E-state index contributed by atoms with van der Waals surface area (Å²) in [6, 6.07) is 5.04. The van der Waals surface area contributed by atoms with E-state index in [4.69, 9.17) is 22.1 Å². The molecule has 8 nitrogen and oxygen atoms in total. The summed E-state index contributed by atoms with van der Waals surface area (Å²) >= 11 is 6.07. The molecule has 0 bridgehead atoms. The molecule has 1 aliphatic rings. The quantitative estimate of drug-likeness (QED) is 0.776. The standard InChI is InChI=1S/C15H14ClN5O3/c1-2-8-13(16)21-15(12(20-8)14(17)23)18-7-3-4-9-10(5-7)24-6-11(22)19-9/h3-5H,2,6H2,1H3,(H2,17,23)(H,18,21)(H,19,22). The molecule has 0 atom stereocenters. The topological polar surface area (TPSA) is 119 Å². The minimum Gasteiger partial charge on any atom is -0.482 e. The Balaban J connectivity index is 1.95. The van der Waals surface area contributed by atoms with Gasteiger partial charge in [-0.05, 0) is 18.6 Å². The maximum Gasteiger partial charge on any atom is 0.271 e. The smallest absolute Gasteiger partial charge is 0.271 e. The molecule has 2 heterocycles. The van der Waals surface area contributed by atoms with Crippen molar-refractivity contribution in [2.45, 2.75) is 13.3 Å². The lowest BCUT2D eigenvalue weighted by Gasteiger charge is -2.19. The number of fused-ring (bicyclic) bond motifs is 1. The molecule has 9 heteroatoms. The third-order valence-corrected chi connectivity index (χ3v) is 3.67. The number of hydrogen-bond acceptors (Lipinski definition) is 6. The van der Waals surface area contributed by atoms with Gasteiger partial charge in [-0.1, -0.05) is 18.5 Å². The zero-order chi connectivity index (χ0) is 17.3. The highest BCUT2D eigenvalue weighted by Crippen LogP contribution is 2.32. The molecule has 124 valence electrons. The summed E-state index contributed by atoms with van der Waals surface area (Å²) in [5, 5.41) is 5.85. The largest absolute Gasteiger partial charge is 0.482 e. The van der Waals surface area contributed by atoms with E-state index < -0.39 is 5.91 Å². The number of ether oxygens (including phenoxy) is 1. The number of carbonyl (C=O) groups excluding carboxylic acids is 2. The molecule has 2 aromatic rings. The van der Waals surface area contributed by atoms with E-state index in [0.29, 0.717) is 29.2 Å². The van der Waals surface area contributed by atoms with E-state index in [1.807, 2.05) is 6.92 Å². The van der Waals surface area contributed by atoms with Gasteiger partial charge < -0.3 is 21.1 Å². The summed E-state index contributed by atoms with van der Waals surface area (Å²) in [6.45, 7) is 1.79. The number of nitrogens with zero attached hydrogens (tertiary/aromatic N) is 2. The van der Waals surface area contributed by atoms with Crippen LogP contribution in [0.25, 0.3) is 0 Å². The Labute approximate surface area is 142 Å². The van der Waals surface area contributed by atoms with Gasteiger partial charge in [-0.2, -0.15) is 0 Å². The number of aromatic nitrogens is 2. The van der Waals surface area contributed by atoms with E-state index in [1.54, 1.807) is 18.2 Å². The van der Waals surface area contributed by atoms with Crippen LogP contribution in [-0.2, 0) is 11.2 Å². The lowest BCUT2D eigenvalue weighted by Crippen LogP contribution is -2.25. The number of benzene rings is 1. The molecule has 0 aliphatic carbocycles. The van der Waals surface area contributed by atoms with Crippen LogP contribution in [0.3, 0.4) is 0 Å². The maximum atomic E-state index is 11.6. The molecular formula is C15H14ClN5O3. The number of halogens is 1. The number of nitrogens with one attached hydrogen (secondary N) is 2. The lowest BCUT2D eigenvalue weighted by molar-refractivity contribution is -0.118. The molecule has 1 aliphatic heterocycles. The first kappa shape index (κ1) is 16.0. The molecule has 2 amide bonds. The summed E-state index contributed by atoms with van der Waals surface area (Å²) in [7, 11) is 0. The number of anilines is 3. The first-order valence-corrected chi connectivity index (χ1v) is 7.55. The summed E-state index contributed by atoms with van der Waals surface area (Å²) in [6.07, 6.45) is 0.527. The van der Waals surface area contributed by atoms with E-state index in [2.05, 4.69) is 20.6 Å². The van der Waals surface area contributed by atoms with Gasteiger partial charge in [-0.25, -0.2) is 9.97 Å². The predicted octanol–water partition coefficient (Wildman–Crippen LogP) is 1.87. The molecule has 0 saturated carbocycles. The first-order chi connectivity index (χ1) is 11.5. The molecule has 24 heavy (non-hydrogen) atoms. The highest BCUT2D eigenvalue weighted by atomic mass is 35.5. The van der Waals surface area contributed by atoms with Gasteiger partial charge in [0.1, 0.15) is 5.75 Å². The fraction of sp³-hybridized carbons (Fsp3) is 0.200. The first-order valence-electron chi connectivity index (χ1n) is 7.18. The van der Waals surface area contributed by atoms with Crippen molar-refractivity contribution in [3.63, 3.8) is 0 Å². The van der Waals surface area contributed by atoms with E-state index >= 15 is 0 Å². The molecule has 0 radical (unpaired) electrons. The van der Waals surface area contributed by atoms with Crippen LogP contribution in [-0.4, -0.2) is 28.4 Å². The molecule has 3 rings (SSSR count). The number of aryl methyl sites for hydroxylation is 1. The fourth-order valence-corrected chi connectivity index (χ4v) is 2.48. The highest BCUT2D eigenvalue weighted by molar-refractivity contribution is 6.30. The lowest BCUT2D eigenvalue weighted by atomic mass is 10.2. The number of amides is 2. The van der Waals surface area contributed by atoms with Gasteiger partial charge in [0.2, 0.25) is 0 Å². The Morgan fingerprint density at radius 3 is 2.96 bits per heavy atom. The van der Waals surface area contributed by atoms with Crippen molar-refractivity contribution in [3.8, 4) is 5.75 Å². The van der Waals surface area contributed by atoms with Gasteiger partial charge in [-0.3, -0.25) is 9.59 Å². The molecule has 0 saturated heterocycles. The second-order valence-electron chi connectivity index (χ2n) is 5.05. The SMILES string of the molecule is CCc1nc(C(N)=O)c(Nc2ccc3c(c2)OCC(=O)N3)nc1Cl. The summed E-state index contributed by atoms with van der Waals surface area (Å²) in [5.74, 6) is -0.265. The van der Waals surface area contributed by atoms with Crippen LogP contribution < -0.4 is 21.1 Å². The summed E-state index contributed by atoms with van der Waals surface area (Å²) < 4.78 is 5.35. The number of carbonyl (C=O) groups is 2. The molecule has 4 N–H and O–H groups in total.